The van der Waals surface area contributed by atoms with Gasteiger partial charge in [-0.2, -0.15) is 5.26 Å². The summed E-state index contributed by atoms with van der Waals surface area (Å²) in [7, 11) is 0. The van der Waals surface area contributed by atoms with E-state index in [1.54, 1.807) is 0 Å². The maximum absolute atomic E-state index is 8.95. The molecule has 0 radical (unpaired) electrons. The van der Waals surface area contributed by atoms with Crippen molar-refractivity contribution in [3.05, 3.63) is 41.5 Å². The lowest BCUT2D eigenvalue weighted by atomic mass is 10.0. The zero-order valence-electron chi connectivity index (χ0n) is 8.03. The molecule has 0 aliphatic heterocycles. The molecular weight excluding hydrogens is 174 g/mol. The van der Waals surface area contributed by atoms with Gasteiger partial charge in [-0.1, -0.05) is 24.3 Å². The fraction of sp³-hybridized carbons (Fsp3) is 0.250. The molecule has 70 valence electrons. The van der Waals surface area contributed by atoms with Gasteiger partial charge in [0.1, 0.15) is 5.76 Å². The molecule has 2 rings (SSSR count). The summed E-state index contributed by atoms with van der Waals surface area (Å²) in [5.74, 6) is 0.697. The maximum atomic E-state index is 8.95. The Bertz CT molecular complexity index is 415. The Balaban J connectivity index is 2.44. The van der Waals surface area contributed by atoms with E-state index in [1.807, 2.05) is 37.3 Å². The average Bonchev–Trinajstić information content (AvgIpc) is 2.58. The lowest BCUT2D eigenvalue weighted by molar-refractivity contribution is 0.298. The van der Waals surface area contributed by atoms with Crippen molar-refractivity contribution in [2.45, 2.75) is 12.8 Å². The van der Waals surface area contributed by atoms with E-state index in [-0.39, 0.29) is 5.92 Å². The third-order valence-corrected chi connectivity index (χ3v) is 2.32. The Hall–Kier alpha value is -1.75. The summed E-state index contributed by atoms with van der Waals surface area (Å²) >= 11 is 0. The summed E-state index contributed by atoms with van der Waals surface area (Å²) in [4.78, 5) is 0. The normalized spacial score (nSPS) is 18.3. The van der Waals surface area contributed by atoms with Crippen molar-refractivity contribution in [2.75, 3.05) is 6.61 Å². The van der Waals surface area contributed by atoms with Crippen LogP contribution in [-0.4, -0.2) is 6.61 Å². The first-order valence-corrected chi connectivity index (χ1v) is 4.70. The summed E-state index contributed by atoms with van der Waals surface area (Å²) in [6, 6.07) is 10.1. The molecule has 14 heavy (non-hydrogen) atoms. The monoisotopic (exact) mass is 185 g/mol. The van der Waals surface area contributed by atoms with E-state index in [0.29, 0.717) is 6.61 Å². The van der Waals surface area contributed by atoms with Crippen LogP contribution in [0.2, 0.25) is 0 Å². The van der Waals surface area contributed by atoms with E-state index in [9.17, 15) is 0 Å². The van der Waals surface area contributed by atoms with Gasteiger partial charge in [-0.25, -0.2) is 0 Å². The molecule has 1 aliphatic rings. The summed E-state index contributed by atoms with van der Waals surface area (Å²) in [5, 5.41) is 8.95. The smallest absolute Gasteiger partial charge is 0.124 e. The molecule has 0 amide bonds. The third kappa shape index (κ3) is 1.27. The van der Waals surface area contributed by atoms with Crippen molar-refractivity contribution in [1.82, 2.24) is 0 Å². The van der Waals surface area contributed by atoms with Crippen LogP contribution in [-0.2, 0) is 4.74 Å². The second kappa shape index (κ2) is 3.55. The van der Waals surface area contributed by atoms with Crippen LogP contribution in [0.1, 0.15) is 24.0 Å². The minimum atomic E-state index is -0.146. The predicted molar refractivity (Wildman–Crippen MR) is 54.4 cm³/mol. The van der Waals surface area contributed by atoms with Gasteiger partial charge in [-0.3, -0.25) is 0 Å². The Labute approximate surface area is 83.4 Å². The van der Waals surface area contributed by atoms with E-state index < -0.39 is 0 Å². The molecule has 0 fully saturated rings. The summed E-state index contributed by atoms with van der Waals surface area (Å²) in [6.45, 7) is 2.58. The first kappa shape index (κ1) is 8.83. The minimum absolute atomic E-state index is 0.146. The number of ether oxygens (including phenoxy) is 1. The molecule has 1 aromatic rings. The topological polar surface area (TPSA) is 33.0 Å². The highest BCUT2D eigenvalue weighted by Crippen LogP contribution is 2.35. The quantitative estimate of drug-likeness (QED) is 0.709. The Morgan fingerprint density at radius 3 is 2.93 bits per heavy atom. The van der Waals surface area contributed by atoms with Crippen LogP contribution < -0.4 is 0 Å². The summed E-state index contributed by atoms with van der Waals surface area (Å²) in [5.41, 5.74) is 2.11. The number of hydrogen-bond acceptors (Lipinski definition) is 2. The van der Waals surface area contributed by atoms with Crippen molar-refractivity contribution in [1.29, 1.82) is 5.26 Å². The van der Waals surface area contributed by atoms with Gasteiger partial charge in [0.25, 0.3) is 0 Å². The van der Waals surface area contributed by atoms with Crippen LogP contribution in [0, 0.1) is 11.3 Å². The van der Waals surface area contributed by atoms with Gasteiger partial charge < -0.3 is 4.74 Å². The maximum Gasteiger partial charge on any atom is 0.124 e. The molecule has 0 saturated heterocycles. The standard InChI is InChI=1S/C12H11NO/c1-2-14-12-7-9(8-13)10-5-3-4-6-11(10)12/h3-7,9H,2H2,1H3. The van der Waals surface area contributed by atoms with Crippen molar-refractivity contribution in [3.63, 3.8) is 0 Å². The van der Waals surface area contributed by atoms with Crippen LogP contribution in [0.4, 0.5) is 0 Å². The molecule has 1 atom stereocenters. The number of nitrogens with zero attached hydrogens (tertiary/aromatic N) is 1. The Morgan fingerprint density at radius 1 is 1.43 bits per heavy atom. The molecule has 2 nitrogen and oxygen atoms in total. The van der Waals surface area contributed by atoms with Gasteiger partial charge in [0.05, 0.1) is 18.6 Å². The fourth-order valence-corrected chi connectivity index (χ4v) is 1.71. The molecule has 0 N–H and O–H groups in total. The van der Waals surface area contributed by atoms with Crippen LogP contribution in [0.15, 0.2) is 30.3 Å². The molecule has 0 aromatic heterocycles. The largest absolute Gasteiger partial charge is 0.494 e. The van der Waals surface area contributed by atoms with E-state index in [0.717, 1.165) is 16.9 Å². The second-order valence-electron chi connectivity index (χ2n) is 3.16. The van der Waals surface area contributed by atoms with E-state index in [1.165, 1.54) is 0 Å². The molecule has 2 heteroatoms. The molecule has 1 unspecified atom stereocenters. The minimum Gasteiger partial charge on any atom is -0.494 e. The summed E-state index contributed by atoms with van der Waals surface area (Å²) in [6.07, 6.45) is 1.88. The molecule has 0 saturated carbocycles. The second-order valence-corrected chi connectivity index (χ2v) is 3.16. The lowest BCUT2D eigenvalue weighted by Crippen LogP contribution is -1.90. The first-order valence-electron chi connectivity index (χ1n) is 4.70. The van der Waals surface area contributed by atoms with Gasteiger partial charge in [-0.15, -0.1) is 0 Å². The highest BCUT2D eigenvalue weighted by Gasteiger charge is 2.23. The van der Waals surface area contributed by atoms with Gasteiger partial charge in [0.2, 0.25) is 0 Å². The number of hydrogen-bond donors (Lipinski definition) is 0. The van der Waals surface area contributed by atoms with Gasteiger partial charge in [0.15, 0.2) is 0 Å². The average molecular weight is 185 g/mol. The van der Waals surface area contributed by atoms with Crippen molar-refractivity contribution in [3.8, 4) is 6.07 Å². The van der Waals surface area contributed by atoms with E-state index >= 15 is 0 Å². The first-order chi connectivity index (χ1) is 6.86. The SMILES string of the molecule is CCOC1=CC(C#N)c2ccccc21. The Morgan fingerprint density at radius 2 is 2.21 bits per heavy atom. The Kier molecular flexibility index (Phi) is 2.24. The van der Waals surface area contributed by atoms with Crippen LogP contribution in [0.5, 0.6) is 0 Å². The van der Waals surface area contributed by atoms with Gasteiger partial charge >= 0.3 is 0 Å². The number of rotatable bonds is 2. The van der Waals surface area contributed by atoms with Crippen molar-refractivity contribution < 1.29 is 4.74 Å². The van der Waals surface area contributed by atoms with Crippen LogP contribution in [0.3, 0.4) is 0 Å². The number of fused-ring (bicyclic) bond motifs is 1. The zero-order chi connectivity index (χ0) is 9.97. The van der Waals surface area contributed by atoms with Crippen LogP contribution >= 0.6 is 0 Å². The molecule has 0 bridgehead atoms. The lowest BCUT2D eigenvalue weighted by Gasteiger charge is -2.05. The molecule has 1 aromatic carbocycles. The molecule has 1 aliphatic carbocycles. The number of nitriles is 1. The summed E-state index contributed by atoms with van der Waals surface area (Å²) < 4.78 is 5.47. The van der Waals surface area contributed by atoms with Crippen LogP contribution in [0.25, 0.3) is 5.76 Å². The number of allylic oxidation sites excluding steroid dienone is 1. The molecule has 0 heterocycles. The number of benzene rings is 1. The van der Waals surface area contributed by atoms with E-state index in [2.05, 4.69) is 6.07 Å². The van der Waals surface area contributed by atoms with Gasteiger partial charge in [-0.05, 0) is 18.6 Å². The highest BCUT2D eigenvalue weighted by molar-refractivity contribution is 5.71. The van der Waals surface area contributed by atoms with Crippen molar-refractivity contribution >= 4 is 5.76 Å². The molecular formula is C12H11NO. The third-order valence-electron chi connectivity index (χ3n) is 2.32. The predicted octanol–water partition coefficient (Wildman–Crippen LogP) is 2.68. The zero-order valence-corrected chi connectivity index (χ0v) is 8.03. The van der Waals surface area contributed by atoms with Crippen molar-refractivity contribution in [2.24, 2.45) is 0 Å². The van der Waals surface area contributed by atoms with Gasteiger partial charge in [0, 0.05) is 5.56 Å². The fourth-order valence-electron chi connectivity index (χ4n) is 1.71. The van der Waals surface area contributed by atoms with E-state index in [4.69, 9.17) is 10.00 Å². The molecule has 0 spiro atoms. The highest BCUT2D eigenvalue weighted by atomic mass is 16.5.